The lowest BCUT2D eigenvalue weighted by Gasteiger charge is -2.09. The van der Waals surface area contributed by atoms with Gasteiger partial charge < -0.3 is 16.0 Å². The maximum atomic E-state index is 13.0. The molecule has 0 aliphatic heterocycles. The molecule has 0 radical (unpaired) electrons. The van der Waals surface area contributed by atoms with Crippen LogP contribution in [-0.2, 0) is 24.4 Å². The summed E-state index contributed by atoms with van der Waals surface area (Å²) in [6.07, 6.45) is 1.93. The molecule has 178 valence electrons. The lowest BCUT2D eigenvalue weighted by Crippen LogP contribution is -2.41. The Morgan fingerprint density at radius 2 is 1.46 bits per heavy atom. The largest absolute Gasteiger partial charge is 0.350 e. The first-order valence-corrected chi connectivity index (χ1v) is 11.3. The highest BCUT2D eigenvalue weighted by atomic mass is 19.1. The molecule has 0 fully saturated rings. The molecule has 3 N–H and O–H groups in total. The summed E-state index contributed by atoms with van der Waals surface area (Å²) < 4.78 is 14.8. The fraction of sp³-hybridized carbons (Fsp3) is 0.148. The highest BCUT2D eigenvalue weighted by Crippen LogP contribution is 2.22. The minimum absolute atomic E-state index is 0.173. The van der Waals surface area contributed by atoms with Crippen LogP contribution >= 0.6 is 0 Å². The first-order valence-electron chi connectivity index (χ1n) is 11.3. The number of hydrogen-bond donors (Lipinski definition) is 3. The zero-order valence-corrected chi connectivity index (χ0v) is 19.1. The van der Waals surface area contributed by atoms with Crippen LogP contribution in [0.1, 0.15) is 16.7 Å². The van der Waals surface area contributed by atoms with Crippen molar-refractivity contribution in [3.8, 4) is 11.3 Å². The van der Waals surface area contributed by atoms with Crippen molar-refractivity contribution in [2.75, 3.05) is 6.54 Å². The van der Waals surface area contributed by atoms with E-state index in [4.69, 9.17) is 5.10 Å². The summed E-state index contributed by atoms with van der Waals surface area (Å²) in [5.41, 5.74) is 4.52. The number of urea groups is 1. The average molecular weight is 472 g/mol. The zero-order valence-electron chi connectivity index (χ0n) is 19.1. The molecular formula is C27H26FN5O2. The molecule has 0 unspecified atom stereocenters. The summed E-state index contributed by atoms with van der Waals surface area (Å²) in [6, 6.07) is 25.2. The molecule has 0 saturated heterocycles. The Hall–Kier alpha value is -4.46. The minimum atomic E-state index is -0.481. The predicted octanol–water partition coefficient (Wildman–Crippen LogP) is 3.85. The Morgan fingerprint density at radius 3 is 2.17 bits per heavy atom. The van der Waals surface area contributed by atoms with E-state index in [0.29, 0.717) is 6.54 Å². The van der Waals surface area contributed by atoms with E-state index in [2.05, 4.69) is 16.0 Å². The summed E-state index contributed by atoms with van der Waals surface area (Å²) in [5, 5.41) is 12.8. The summed E-state index contributed by atoms with van der Waals surface area (Å²) >= 11 is 0. The SMILES string of the molecule is O=C(CNC(=O)NCc1ccc(F)cc1)NCc1cn(Cc2ccccc2)nc1-c1ccccc1. The smallest absolute Gasteiger partial charge is 0.315 e. The summed E-state index contributed by atoms with van der Waals surface area (Å²) in [5.74, 6) is -0.660. The fourth-order valence-electron chi connectivity index (χ4n) is 3.55. The van der Waals surface area contributed by atoms with Gasteiger partial charge in [0.25, 0.3) is 0 Å². The number of carbonyl (C=O) groups is 2. The van der Waals surface area contributed by atoms with Crippen LogP contribution in [0.5, 0.6) is 0 Å². The maximum Gasteiger partial charge on any atom is 0.315 e. The number of nitrogens with one attached hydrogen (secondary N) is 3. The van der Waals surface area contributed by atoms with Gasteiger partial charge in [-0.15, -0.1) is 0 Å². The topological polar surface area (TPSA) is 88.0 Å². The third-order valence-corrected chi connectivity index (χ3v) is 5.32. The Labute approximate surface area is 203 Å². The third kappa shape index (κ3) is 7.01. The minimum Gasteiger partial charge on any atom is -0.350 e. The number of nitrogens with zero attached hydrogens (tertiary/aromatic N) is 2. The van der Waals surface area contributed by atoms with Gasteiger partial charge in [0, 0.05) is 30.4 Å². The van der Waals surface area contributed by atoms with Crippen LogP contribution in [0.3, 0.4) is 0 Å². The van der Waals surface area contributed by atoms with Crippen LogP contribution in [0.2, 0.25) is 0 Å². The summed E-state index contributed by atoms with van der Waals surface area (Å²) in [6.45, 7) is 0.948. The molecular weight excluding hydrogens is 445 g/mol. The van der Waals surface area contributed by atoms with Crippen molar-refractivity contribution in [1.82, 2.24) is 25.7 Å². The van der Waals surface area contributed by atoms with Gasteiger partial charge in [0.2, 0.25) is 5.91 Å². The first-order chi connectivity index (χ1) is 17.1. The molecule has 1 heterocycles. The number of aromatic nitrogens is 2. The van der Waals surface area contributed by atoms with Crippen molar-refractivity contribution < 1.29 is 14.0 Å². The van der Waals surface area contributed by atoms with Gasteiger partial charge in [-0.25, -0.2) is 9.18 Å². The molecule has 0 aliphatic carbocycles. The first kappa shape index (κ1) is 23.7. The van der Waals surface area contributed by atoms with Crippen molar-refractivity contribution in [3.63, 3.8) is 0 Å². The molecule has 3 amide bonds. The fourth-order valence-corrected chi connectivity index (χ4v) is 3.55. The van der Waals surface area contributed by atoms with E-state index in [9.17, 15) is 14.0 Å². The summed E-state index contributed by atoms with van der Waals surface area (Å²) in [4.78, 5) is 24.3. The van der Waals surface area contributed by atoms with Crippen LogP contribution in [-0.4, -0.2) is 28.3 Å². The van der Waals surface area contributed by atoms with Gasteiger partial charge in [-0.05, 0) is 23.3 Å². The van der Waals surface area contributed by atoms with Gasteiger partial charge in [-0.2, -0.15) is 5.10 Å². The number of rotatable bonds is 9. The number of amides is 3. The molecule has 35 heavy (non-hydrogen) atoms. The average Bonchev–Trinajstić information content (AvgIpc) is 3.29. The molecule has 1 aromatic heterocycles. The number of benzene rings is 3. The van der Waals surface area contributed by atoms with Gasteiger partial charge in [-0.1, -0.05) is 72.8 Å². The van der Waals surface area contributed by atoms with Crippen LogP contribution in [0, 0.1) is 5.82 Å². The van der Waals surface area contributed by atoms with E-state index in [1.54, 1.807) is 12.1 Å². The number of carbonyl (C=O) groups excluding carboxylic acids is 2. The van der Waals surface area contributed by atoms with Crippen molar-refractivity contribution in [2.45, 2.75) is 19.6 Å². The van der Waals surface area contributed by atoms with Crippen molar-refractivity contribution in [3.05, 3.63) is 114 Å². The van der Waals surface area contributed by atoms with Crippen LogP contribution in [0.25, 0.3) is 11.3 Å². The molecule has 0 bridgehead atoms. The monoisotopic (exact) mass is 471 g/mol. The standard InChI is InChI=1S/C27H26FN5O2/c28-24-13-11-20(12-14-24)15-30-27(35)31-17-25(34)29-16-23-19-33(18-21-7-3-1-4-8-21)32-26(23)22-9-5-2-6-10-22/h1-14,19H,15-18H2,(H,29,34)(H2,30,31,35). The van der Waals surface area contributed by atoms with Crippen LogP contribution in [0.15, 0.2) is 91.1 Å². The van der Waals surface area contributed by atoms with Crippen LogP contribution in [0.4, 0.5) is 9.18 Å². The molecule has 0 aliphatic rings. The van der Waals surface area contributed by atoms with Crippen LogP contribution < -0.4 is 16.0 Å². The predicted molar refractivity (Wildman–Crippen MR) is 132 cm³/mol. The second kappa shape index (κ2) is 11.6. The Morgan fingerprint density at radius 1 is 0.771 bits per heavy atom. The summed E-state index contributed by atoms with van der Waals surface area (Å²) in [7, 11) is 0. The van der Waals surface area contributed by atoms with E-state index in [0.717, 1.165) is 27.9 Å². The quantitative estimate of drug-likeness (QED) is 0.347. The Kier molecular flexibility index (Phi) is 7.85. The normalized spacial score (nSPS) is 10.5. The van der Waals surface area contributed by atoms with Crippen molar-refractivity contribution >= 4 is 11.9 Å². The lowest BCUT2D eigenvalue weighted by atomic mass is 10.1. The lowest BCUT2D eigenvalue weighted by molar-refractivity contribution is -0.120. The molecule has 0 saturated carbocycles. The molecule has 3 aromatic carbocycles. The Bertz CT molecular complexity index is 1260. The second-order valence-corrected chi connectivity index (χ2v) is 7.99. The molecule has 0 spiro atoms. The van der Waals surface area contributed by atoms with Gasteiger partial charge in [0.1, 0.15) is 5.82 Å². The highest BCUT2D eigenvalue weighted by molar-refractivity contribution is 5.84. The molecule has 0 atom stereocenters. The van der Waals surface area contributed by atoms with E-state index in [1.807, 2.05) is 71.5 Å². The van der Waals surface area contributed by atoms with E-state index >= 15 is 0 Å². The second-order valence-electron chi connectivity index (χ2n) is 7.99. The van der Waals surface area contributed by atoms with E-state index in [1.165, 1.54) is 12.1 Å². The van der Waals surface area contributed by atoms with Gasteiger partial charge in [-0.3, -0.25) is 9.48 Å². The Balaban J connectivity index is 1.32. The number of hydrogen-bond acceptors (Lipinski definition) is 3. The highest BCUT2D eigenvalue weighted by Gasteiger charge is 2.13. The van der Waals surface area contributed by atoms with E-state index in [-0.39, 0.29) is 31.4 Å². The third-order valence-electron chi connectivity index (χ3n) is 5.32. The van der Waals surface area contributed by atoms with Gasteiger partial charge in [0.05, 0.1) is 18.8 Å². The number of halogens is 1. The van der Waals surface area contributed by atoms with Crippen molar-refractivity contribution in [1.29, 1.82) is 0 Å². The molecule has 8 heteroatoms. The molecule has 4 rings (SSSR count). The zero-order chi connectivity index (χ0) is 24.5. The van der Waals surface area contributed by atoms with Gasteiger partial charge in [0.15, 0.2) is 0 Å². The maximum absolute atomic E-state index is 13.0. The van der Waals surface area contributed by atoms with E-state index < -0.39 is 6.03 Å². The molecule has 7 nitrogen and oxygen atoms in total. The van der Waals surface area contributed by atoms with Gasteiger partial charge >= 0.3 is 6.03 Å². The van der Waals surface area contributed by atoms with Crippen molar-refractivity contribution in [2.24, 2.45) is 0 Å². The molecule has 4 aromatic rings.